The van der Waals surface area contributed by atoms with Gasteiger partial charge in [0.1, 0.15) is 5.75 Å². The van der Waals surface area contributed by atoms with Gasteiger partial charge in [0, 0.05) is 32.7 Å². The van der Waals surface area contributed by atoms with Gasteiger partial charge in [-0.1, -0.05) is 12.1 Å². The monoisotopic (exact) mass is 429 g/mol. The van der Waals surface area contributed by atoms with Crippen molar-refractivity contribution in [2.75, 3.05) is 32.8 Å². The van der Waals surface area contributed by atoms with Crippen LogP contribution in [0.3, 0.4) is 0 Å². The third kappa shape index (κ3) is 3.96. The van der Waals surface area contributed by atoms with E-state index in [-0.39, 0.29) is 16.0 Å². The second kappa shape index (κ2) is 8.17. The average Bonchev–Trinajstić information content (AvgIpc) is 3.03. The van der Waals surface area contributed by atoms with Gasteiger partial charge in [-0.15, -0.1) is 0 Å². The van der Waals surface area contributed by atoms with Gasteiger partial charge < -0.3 is 4.74 Å². The number of carbonyl (C=O) groups is 2. The molecule has 2 amide bonds. The van der Waals surface area contributed by atoms with Crippen molar-refractivity contribution in [3.05, 3.63) is 59.2 Å². The Morgan fingerprint density at radius 3 is 2.27 bits per heavy atom. The van der Waals surface area contributed by atoms with E-state index in [2.05, 4.69) is 10.2 Å². The molecule has 0 aliphatic carbocycles. The van der Waals surface area contributed by atoms with Crippen molar-refractivity contribution < 1.29 is 22.7 Å². The van der Waals surface area contributed by atoms with Crippen LogP contribution in [0.2, 0.25) is 0 Å². The van der Waals surface area contributed by atoms with Crippen molar-refractivity contribution in [2.24, 2.45) is 0 Å². The predicted molar refractivity (Wildman–Crippen MR) is 110 cm³/mol. The summed E-state index contributed by atoms with van der Waals surface area (Å²) in [6.45, 7) is 5.25. The summed E-state index contributed by atoms with van der Waals surface area (Å²) in [4.78, 5) is 25.8. The van der Waals surface area contributed by atoms with Gasteiger partial charge in [0.25, 0.3) is 11.8 Å². The van der Waals surface area contributed by atoms with Gasteiger partial charge in [-0.2, -0.15) is 4.31 Å². The van der Waals surface area contributed by atoms with E-state index >= 15 is 0 Å². The Bertz CT molecular complexity index is 1070. The zero-order valence-corrected chi connectivity index (χ0v) is 17.4. The van der Waals surface area contributed by atoms with Gasteiger partial charge in [-0.25, -0.2) is 8.42 Å². The Morgan fingerprint density at radius 2 is 1.60 bits per heavy atom. The maximum atomic E-state index is 13.0. The average molecular weight is 429 g/mol. The summed E-state index contributed by atoms with van der Waals surface area (Å²) in [5.41, 5.74) is 1.46. The van der Waals surface area contributed by atoms with Gasteiger partial charge >= 0.3 is 0 Å². The van der Waals surface area contributed by atoms with Crippen molar-refractivity contribution in [3.63, 3.8) is 0 Å². The fourth-order valence-corrected chi connectivity index (χ4v) is 5.15. The summed E-state index contributed by atoms with van der Waals surface area (Å²) in [6, 6.07) is 12.0. The summed E-state index contributed by atoms with van der Waals surface area (Å²) in [7, 11) is -3.73. The van der Waals surface area contributed by atoms with E-state index < -0.39 is 21.8 Å². The maximum absolute atomic E-state index is 13.0. The van der Waals surface area contributed by atoms with E-state index in [1.54, 1.807) is 0 Å². The molecule has 1 fully saturated rings. The van der Waals surface area contributed by atoms with Crippen molar-refractivity contribution in [1.82, 2.24) is 14.5 Å². The number of ether oxygens (including phenoxy) is 1. The third-order valence-electron chi connectivity index (χ3n) is 5.32. The van der Waals surface area contributed by atoms with Crippen LogP contribution in [-0.4, -0.2) is 62.2 Å². The predicted octanol–water partition coefficient (Wildman–Crippen LogP) is 1.48. The molecule has 0 atom stereocenters. The van der Waals surface area contributed by atoms with Crippen molar-refractivity contribution in [3.8, 4) is 5.75 Å². The molecular formula is C21H23N3O5S. The van der Waals surface area contributed by atoms with E-state index in [0.29, 0.717) is 32.8 Å². The fraction of sp³-hybridized carbons (Fsp3) is 0.333. The van der Waals surface area contributed by atoms with Crippen LogP contribution in [0.5, 0.6) is 5.75 Å². The molecule has 0 unspecified atom stereocenters. The number of rotatable bonds is 6. The highest BCUT2D eigenvalue weighted by molar-refractivity contribution is 7.89. The van der Waals surface area contributed by atoms with E-state index in [1.165, 1.54) is 22.5 Å². The number of hydrogen-bond acceptors (Lipinski definition) is 6. The Hall–Kier alpha value is -2.75. The number of sulfonamides is 1. The summed E-state index contributed by atoms with van der Waals surface area (Å²) in [5.74, 6) is -0.226. The maximum Gasteiger partial charge on any atom is 0.258 e. The van der Waals surface area contributed by atoms with Gasteiger partial charge in [0.05, 0.1) is 22.6 Å². The smallest absolute Gasteiger partial charge is 0.258 e. The largest absolute Gasteiger partial charge is 0.494 e. The number of piperazine rings is 1. The zero-order valence-electron chi connectivity index (χ0n) is 16.6. The number of nitrogens with zero attached hydrogens (tertiary/aromatic N) is 2. The zero-order chi connectivity index (χ0) is 21.3. The highest BCUT2D eigenvalue weighted by Crippen LogP contribution is 2.24. The SMILES string of the molecule is CCOc1ccc(CN2CCN(S(=O)(=O)c3ccc4c(c3)C(=O)NC4=O)CC2)cc1. The molecule has 2 aliphatic rings. The van der Waals surface area contributed by atoms with Crippen LogP contribution < -0.4 is 10.1 Å². The fourth-order valence-electron chi connectivity index (χ4n) is 3.70. The van der Waals surface area contributed by atoms with Crippen LogP contribution in [0.1, 0.15) is 33.2 Å². The second-order valence-corrected chi connectivity index (χ2v) is 9.19. The number of carbonyl (C=O) groups excluding carboxylic acids is 2. The van der Waals surface area contributed by atoms with Crippen LogP contribution in [-0.2, 0) is 16.6 Å². The molecule has 2 aromatic carbocycles. The van der Waals surface area contributed by atoms with Crippen LogP contribution in [0.4, 0.5) is 0 Å². The van der Waals surface area contributed by atoms with E-state index in [0.717, 1.165) is 17.9 Å². The molecule has 0 spiro atoms. The second-order valence-electron chi connectivity index (χ2n) is 7.25. The van der Waals surface area contributed by atoms with E-state index in [4.69, 9.17) is 4.74 Å². The molecule has 1 saturated heterocycles. The molecule has 2 aliphatic heterocycles. The van der Waals surface area contributed by atoms with Gasteiger partial charge in [-0.3, -0.25) is 19.8 Å². The Labute approximate surface area is 175 Å². The summed E-state index contributed by atoms with van der Waals surface area (Å²) < 4.78 is 32.9. The molecular weight excluding hydrogens is 406 g/mol. The minimum Gasteiger partial charge on any atom is -0.494 e. The lowest BCUT2D eigenvalue weighted by Gasteiger charge is -2.34. The quantitative estimate of drug-likeness (QED) is 0.699. The molecule has 158 valence electrons. The van der Waals surface area contributed by atoms with Crippen LogP contribution >= 0.6 is 0 Å². The van der Waals surface area contributed by atoms with Gasteiger partial charge in [0.15, 0.2) is 0 Å². The molecule has 30 heavy (non-hydrogen) atoms. The van der Waals surface area contributed by atoms with Gasteiger partial charge in [0.2, 0.25) is 10.0 Å². The Morgan fingerprint density at radius 1 is 0.933 bits per heavy atom. The number of benzene rings is 2. The number of imide groups is 1. The van der Waals surface area contributed by atoms with Gasteiger partial charge in [-0.05, 0) is 42.8 Å². The molecule has 4 rings (SSSR count). The molecule has 0 radical (unpaired) electrons. The first-order chi connectivity index (χ1) is 14.4. The van der Waals surface area contributed by atoms with E-state index in [9.17, 15) is 18.0 Å². The first-order valence-corrected chi connectivity index (χ1v) is 11.3. The molecule has 1 N–H and O–H groups in total. The third-order valence-corrected chi connectivity index (χ3v) is 7.21. The Kier molecular flexibility index (Phi) is 5.59. The minimum absolute atomic E-state index is 0.0334. The van der Waals surface area contributed by atoms with Crippen molar-refractivity contribution >= 4 is 21.8 Å². The van der Waals surface area contributed by atoms with Crippen LogP contribution in [0.25, 0.3) is 0 Å². The van der Waals surface area contributed by atoms with E-state index in [1.807, 2.05) is 31.2 Å². The molecule has 0 bridgehead atoms. The molecule has 0 saturated carbocycles. The summed E-state index contributed by atoms with van der Waals surface area (Å²) in [5, 5.41) is 2.18. The Balaban J connectivity index is 1.40. The number of hydrogen-bond donors (Lipinski definition) is 1. The number of fused-ring (bicyclic) bond motifs is 1. The lowest BCUT2D eigenvalue weighted by atomic mass is 10.1. The van der Waals surface area contributed by atoms with Crippen LogP contribution in [0, 0.1) is 0 Å². The van der Waals surface area contributed by atoms with Crippen molar-refractivity contribution in [1.29, 1.82) is 0 Å². The standard InChI is InChI=1S/C21H23N3O5S/c1-2-29-16-5-3-15(4-6-16)14-23-9-11-24(12-10-23)30(27,28)17-7-8-18-19(13-17)21(26)22-20(18)25/h3-8,13H,2,9-12,14H2,1H3,(H,22,25,26). The molecule has 2 heterocycles. The minimum atomic E-state index is -3.73. The highest BCUT2D eigenvalue weighted by Gasteiger charge is 2.32. The summed E-state index contributed by atoms with van der Waals surface area (Å²) in [6.07, 6.45) is 0. The molecule has 2 aromatic rings. The molecule has 9 heteroatoms. The lowest BCUT2D eigenvalue weighted by molar-refractivity contribution is 0.0879. The topological polar surface area (TPSA) is 96.0 Å². The molecule has 0 aromatic heterocycles. The van der Waals surface area contributed by atoms with Crippen molar-refractivity contribution in [2.45, 2.75) is 18.4 Å². The number of nitrogens with one attached hydrogen (secondary N) is 1. The highest BCUT2D eigenvalue weighted by atomic mass is 32.2. The first-order valence-electron chi connectivity index (χ1n) is 9.82. The first kappa shape index (κ1) is 20.5. The number of amides is 2. The summed E-state index contributed by atoms with van der Waals surface area (Å²) >= 11 is 0. The molecule has 8 nitrogen and oxygen atoms in total. The lowest BCUT2D eigenvalue weighted by Crippen LogP contribution is -2.48. The van der Waals surface area contributed by atoms with Crippen LogP contribution in [0.15, 0.2) is 47.4 Å². The normalized spacial score (nSPS) is 17.6.